The van der Waals surface area contributed by atoms with Gasteiger partial charge >= 0.3 is 0 Å². The molecule has 0 saturated heterocycles. The van der Waals surface area contributed by atoms with E-state index in [2.05, 4.69) is 20.5 Å². The van der Waals surface area contributed by atoms with Gasteiger partial charge in [-0.15, -0.1) is 0 Å². The van der Waals surface area contributed by atoms with Crippen LogP contribution < -0.4 is 5.32 Å². The molecule has 1 saturated carbocycles. The van der Waals surface area contributed by atoms with Crippen LogP contribution in [0.2, 0.25) is 0 Å². The lowest BCUT2D eigenvalue weighted by molar-refractivity contribution is 0.0952. The standard InChI is InChI=1S/C18H24N4OS/c23-17(19-11-3-6-14-4-1-2-5-14)16-9-7-15(8-10-16)12-24-18-20-13-21-22-18/h7-10,13-14H,1-6,11-12H2,(H,19,23)(H,20,21,22). The average molecular weight is 344 g/mol. The Morgan fingerprint density at radius 1 is 1.25 bits per heavy atom. The lowest BCUT2D eigenvalue weighted by atomic mass is 10.0. The van der Waals surface area contributed by atoms with Crippen LogP contribution in [-0.4, -0.2) is 27.6 Å². The summed E-state index contributed by atoms with van der Waals surface area (Å²) in [5, 5.41) is 10.5. The highest BCUT2D eigenvalue weighted by Crippen LogP contribution is 2.28. The van der Waals surface area contributed by atoms with Crippen LogP contribution in [0.5, 0.6) is 0 Å². The van der Waals surface area contributed by atoms with E-state index in [0.717, 1.165) is 40.9 Å². The average Bonchev–Trinajstić information content (AvgIpc) is 3.31. The van der Waals surface area contributed by atoms with Crippen molar-refractivity contribution in [2.75, 3.05) is 6.54 Å². The van der Waals surface area contributed by atoms with Crippen molar-refractivity contribution in [3.05, 3.63) is 41.7 Å². The molecule has 0 atom stereocenters. The molecule has 0 bridgehead atoms. The molecule has 0 radical (unpaired) electrons. The highest BCUT2D eigenvalue weighted by Gasteiger charge is 2.14. The third-order valence-corrected chi connectivity index (χ3v) is 5.48. The molecule has 1 aliphatic carbocycles. The molecule has 1 aliphatic rings. The second-order valence-corrected chi connectivity index (χ2v) is 7.29. The smallest absolute Gasteiger partial charge is 0.251 e. The molecule has 1 aromatic heterocycles. The molecular formula is C18H24N4OS. The van der Waals surface area contributed by atoms with Crippen LogP contribution in [0.4, 0.5) is 0 Å². The normalized spacial score (nSPS) is 14.8. The van der Waals surface area contributed by atoms with E-state index in [0.29, 0.717) is 0 Å². The van der Waals surface area contributed by atoms with Crippen molar-refractivity contribution in [2.24, 2.45) is 5.92 Å². The Labute approximate surface area is 147 Å². The molecule has 2 N–H and O–H groups in total. The second-order valence-electron chi connectivity index (χ2n) is 6.32. The van der Waals surface area contributed by atoms with Gasteiger partial charge in [-0.1, -0.05) is 49.6 Å². The molecule has 128 valence electrons. The van der Waals surface area contributed by atoms with Crippen molar-refractivity contribution >= 4 is 17.7 Å². The first-order valence-electron chi connectivity index (χ1n) is 8.66. The summed E-state index contributed by atoms with van der Waals surface area (Å²) in [5.41, 5.74) is 1.89. The number of thioether (sulfide) groups is 1. The predicted octanol–water partition coefficient (Wildman–Crippen LogP) is 3.80. The van der Waals surface area contributed by atoms with Crippen LogP contribution >= 0.6 is 11.8 Å². The third-order valence-electron chi connectivity index (χ3n) is 4.53. The summed E-state index contributed by atoms with van der Waals surface area (Å²) in [7, 11) is 0. The summed E-state index contributed by atoms with van der Waals surface area (Å²) in [6.07, 6.45) is 9.36. The van der Waals surface area contributed by atoms with E-state index in [1.807, 2.05) is 24.3 Å². The Morgan fingerprint density at radius 2 is 2.04 bits per heavy atom. The Hall–Kier alpha value is -1.82. The number of carbonyl (C=O) groups excluding carboxylic acids is 1. The number of nitrogens with zero attached hydrogens (tertiary/aromatic N) is 2. The van der Waals surface area contributed by atoms with Gasteiger partial charge in [-0.2, -0.15) is 5.10 Å². The first-order chi connectivity index (χ1) is 11.8. The zero-order valence-electron chi connectivity index (χ0n) is 13.8. The Bertz CT molecular complexity index is 621. The number of aromatic amines is 1. The summed E-state index contributed by atoms with van der Waals surface area (Å²) >= 11 is 1.59. The van der Waals surface area contributed by atoms with Gasteiger partial charge in [-0.25, -0.2) is 4.98 Å². The summed E-state index contributed by atoms with van der Waals surface area (Å²) in [6, 6.07) is 7.78. The second kappa shape index (κ2) is 8.87. The molecule has 0 aliphatic heterocycles. The fourth-order valence-electron chi connectivity index (χ4n) is 3.16. The largest absolute Gasteiger partial charge is 0.352 e. The molecule has 3 rings (SSSR count). The number of benzene rings is 1. The highest BCUT2D eigenvalue weighted by atomic mass is 32.2. The van der Waals surface area contributed by atoms with Crippen molar-refractivity contribution in [3.8, 4) is 0 Å². The minimum absolute atomic E-state index is 0.0239. The van der Waals surface area contributed by atoms with Crippen LogP contribution in [0, 0.1) is 5.92 Å². The lowest BCUT2D eigenvalue weighted by Gasteiger charge is -2.09. The zero-order chi connectivity index (χ0) is 16.6. The summed E-state index contributed by atoms with van der Waals surface area (Å²) in [5.74, 6) is 1.72. The zero-order valence-corrected chi connectivity index (χ0v) is 14.6. The van der Waals surface area contributed by atoms with Gasteiger partial charge in [0.05, 0.1) is 0 Å². The summed E-state index contributed by atoms with van der Waals surface area (Å²) in [6.45, 7) is 0.776. The molecule has 1 aromatic carbocycles. The molecule has 24 heavy (non-hydrogen) atoms. The van der Waals surface area contributed by atoms with Crippen LogP contribution in [0.3, 0.4) is 0 Å². The van der Waals surface area contributed by atoms with Crippen molar-refractivity contribution in [1.29, 1.82) is 0 Å². The van der Waals surface area contributed by atoms with Crippen LogP contribution in [0.25, 0.3) is 0 Å². The van der Waals surface area contributed by atoms with Crippen LogP contribution in [-0.2, 0) is 5.75 Å². The Kier molecular flexibility index (Phi) is 6.29. The number of H-pyrrole nitrogens is 1. The van der Waals surface area contributed by atoms with Crippen molar-refractivity contribution in [3.63, 3.8) is 0 Å². The van der Waals surface area contributed by atoms with E-state index in [9.17, 15) is 4.79 Å². The van der Waals surface area contributed by atoms with Crippen LogP contribution in [0.15, 0.2) is 35.7 Å². The minimum atomic E-state index is 0.0239. The maximum atomic E-state index is 12.2. The number of nitrogens with one attached hydrogen (secondary N) is 2. The van der Waals surface area contributed by atoms with E-state index in [1.54, 1.807) is 11.8 Å². The van der Waals surface area contributed by atoms with Crippen molar-refractivity contribution in [1.82, 2.24) is 20.5 Å². The topological polar surface area (TPSA) is 70.7 Å². The van der Waals surface area contributed by atoms with Crippen molar-refractivity contribution < 1.29 is 4.79 Å². The number of carbonyl (C=O) groups is 1. The third kappa shape index (κ3) is 5.09. The van der Waals surface area contributed by atoms with Gasteiger partial charge in [0.25, 0.3) is 5.91 Å². The fourth-order valence-corrected chi connectivity index (χ4v) is 3.90. The van der Waals surface area contributed by atoms with Crippen molar-refractivity contribution in [2.45, 2.75) is 49.4 Å². The number of hydrogen-bond acceptors (Lipinski definition) is 4. The number of amides is 1. The quantitative estimate of drug-likeness (QED) is 0.564. The monoisotopic (exact) mass is 344 g/mol. The van der Waals surface area contributed by atoms with E-state index in [1.165, 1.54) is 38.4 Å². The number of aromatic nitrogens is 3. The number of rotatable bonds is 8. The molecule has 6 heteroatoms. The predicted molar refractivity (Wildman–Crippen MR) is 95.9 cm³/mol. The van der Waals surface area contributed by atoms with Gasteiger partial charge in [0, 0.05) is 17.9 Å². The molecule has 0 unspecified atom stereocenters. The maximum absolute atomic E-state index is 12.2. The molecule has 5 nitrogen and oxygen atoms in total. The Balaban J connectivity index is 1.38. The van der Waals surface area contributed by atoms with E-state index < -0.39 is 0 Å². The SMILES string of the molecule is O=C(NCCCC1CCCC1)c1ccc(CSc2ncn[nH]2)cc1. The molecule has 2 aromatic rings. The lowest BCUT2D eigenvalue weighted by Crippen LogP contribution is -2.24. The molecule has 1 fully saturated rings. The van der Waals surface area contributed by atoms with Gasteiger partial charge in [-0.05, 0) is 36.5 Å². The van der Waals surface area contributed by atoms with Gasteiger partial charge < -0.3 is 5.32 Å². The molecule has 0 spiro atoms. The van der Waals surface area contributed by atoms with E-state index >= 15 is 0 Å². The first-order valence-corrected chi connectivity index (χ1v) is 9.65. The highest BCUT2D eigenvalue weighted by molar-refractivity contribution is 7.98. The van der Waals surface area contributed by atoms with E-state index in [4.69, 9.17) is 0 Å². The maximum Gasteiger partial charge on any atom is 0.251 e. The Morgan fingerprint density at radius 3 is 2.75 bits per heavy atom. The number of hydrogen-bond donors (Lipinski definition) is 2. The molecule has 1 amide bonds. The van der Waals surface area contributed by atoms with Crippen LogP contribution in [0.1, 0.15) is 54.4 Å². The fraction of sp³-hybridized carbons (Fsp3) is 0.500. The molecule has 1 heterocycles. The molecular weight excluding hydrogens is 320 g/mol. The van der Waals surface area contributed by atoms with Gasteiger partial charge in [0.1, 0.15) is 6.33 Å². The summed E-state index contributed by atoms with van der Waals surface area (Å²) < 4.78 is 0. The minimum Gasteiger partial charge on any atom is -0.352 e. The first kappa shape index (κ1) is 17.0. The van der Waals surface area contributed by atoms with E-state index in [-0.39, 0.29) is 5.91 Å². The summed E-state index contributed by atoms with van der Waals surface area (Å²) in [4.78, 5) is 16.2. The van der Waals surface area contributed by atoms with Gasteiger partial charge in [0.15, 0.2) is 5.16 Å². The van der Waals surface area contributed by atoms with Gasteiger partial charge in [0.2, 0.25) is 0 Å². The van der Waals surface area contributed by atoms with Gasteiger partial charge in [-0.3, -0.25) is 9.89 Å².